The van der Waals surface area contributed by atoms with Crippen LogP contribution in [0.4, 0.5) is 0 Å². The number of carbonyl (C=O) groups excluding carboxylic acids is 1. The van der Waals surface area contributed by atoms with Crippen molar-refractivity contribution in [1.29, 1.82) is 0 Å². The zero-order chi connectivity index (χ0) is 18.0. The van der Waals surface area contributed by atoms with Gasteiger partial charge in [-0.2, -0.15) is 0 Å². The van der Waals surface area contributed by atoms with Gasteiger partial charge in [-0.25, -0.2) is 0 Å². The van der Waals surface area contributed by atoms with E-state index in [4.69, 9.17) is 0 Å². The van der Waals surface area contributed by atoms with Gasteiger partial charge in [0.25, 0.3) is 0 Å². The first-order valence-electron chi connectivity index (χ1n) is 10.5. The number of hydrogen-bond acceptors (Lipinski definition) is 3. The maximum Gasteiger partial charge on any atom is 0.220 e. The van der Waals surface area contributed by atoms with Crippen LogP contribution in [0.3, 0.4) is 0 Å². The minimum absolute atomic E-state index is 0.248. The Bertz CT molecular complexity index is 519. The van der Waals surface area contributed by atoms with E-state index in [0.717, 1.165) is 64.6 Å². The number of nitrogens with zero attached hydrogens (tertiary/aromatic N) is 2. The van der Waals surface area contributed by atoms with Gasteiger partial charge in [0.05, 0.1) is 0 Å². The molecule has 1 aliphatic carbocycles. The largest absolute Gasteiger partial charge is 0.355 e. The standard InChI is InChI=1S/C22H35N3O/c26-22(12-11-20-7-3-1-4-8-20)23-13-14-24-15-17-25(18-16-24)19-21-9-5-2-6-10-21/h2,5-6,9-10,20H,1,3-4,7-8,11-19H2,(H,23,26). The monoisotopic (exact) mass is 357 g/mol. The van der Waals surface area contributed by atoms with Crippen LogP contribution in [0.25, 0.3) is 0 Å². The van der Waals surface area contributed by atoms with E-state index < -0.39 is 0 Å². The molecule has 4 heteroatoms. The lowest BCUT2D eigenvalue weighted by Crippen LogP contribution is -2.48. The van der Waals surface area contributed by atoms with Crippen molar-refractivity contribution < 1.29 is 4.79 Å². The maximum atomic E-state index is 12.0. The Kier molecular flexibility index (Phi) is 7.96. The molecule has 3 rings (SSSR count). The SMILES string of the molecule is O=C(CCC1CCCCC1)NCCN1CCN(Cc2ccccc2)CC1. The highest BCUT2D eigenvalue weighted by molar-refractivity contribution is 5.75. The molecule has 0 atom stereocenters. The van der Waals surface area contributed by atoms with Crippen LogP contribution in [0.2, 0.25) is 0 Å². The average molecular weight is 358 g/mol. The summed E-state index contributed by atoms with van der Waals surface area (Å²) in [5.74, 6) is 1.05. The molecule has 1 saturated heterocycles. The molecule has 1 aliphatic heterocycles. The second-order valence-corrected chi connectivity index (χ2v) is 8.00. The van der Waals surface area contributed by atoms with Gasteiger partial charge < -0.3 is 5.32 Å². The Hall–Kier alpha value is -1.39. The average Bonchev–Trinajstić information content (AvgIpc) is 2.69. The summed E-state index contributed by atoms with van der Waals surface area (Å²) in [5.41, 5.74) is 1.39. The van der Waals surface area contributed by atoms with Gasteiger partial charge in [0.2, 0.25) is 5.91 Å². The second kappa shape index (κ2) is 10.7. The molecule has 2 aliphatic rings. The van der Waals surface area contributed by atoms with Gasteiger partial charge in [-0.1, -0.05) is 62.4 Å². The third kappa shape index (κ3) is 6.73. The zero-order valence-corrected chi connectivity index (χ0v) is 16.2. The Morgan fingerprint density at radius 2 is 1.65 bits per heavy atom. The molecule has 0 unspecified atom stereocenters. The smallest absolute Gasteiger partial charge is 0.220 e. The molecule has 4 nitrogen and oxygen atoms in total. The lowest BCUT2D eigenvalue weighted by Gasteiger charge is -2.34. The van der Waals surface area contributed by atoms with Gasteiger partial charge in [-0.15, -0.1) is 0 Å². The van der Waals surface area contributed by atoms with E-state index in [9.17, 15) is 4.79 Å². The van der Waals surface area contributed by atoms with Crippen molar-refractivity contribution in [3.63, 3.8) is 0 Å². The van der Waals surface area contributed by atoms with E-state index >= 15 is 0 Å². The number of piperazine rings is 1. The molecule has 0 aromatic heterocycles. The number of nitrogens with one attached hydrogen (secondary N) is 1. The summed E-state index contributed by atoms with van der Waals surface area (Å²) in [6.07, 6.45) is 8.59. The van der Waals surface area contributed by atoms with Crippen molar-refractivity contribution in [2.45, 2.75) is 51.5 Å². The maximum absolute atomic E-state index is 12.0. The van der Waals surface area contributed by atoms with Crippen LogP contribution < -0.4 is 5.32 Å². The van der Waals surface area contributed by atoms with Crippen LogP contribution in [0.1, 0.15) is 50.5 Å². The quantitative estimate of drug-likeness (QED) is 0.775. The first-order valence-corrected chi connectivity index (χ1v) is 10.5. The minimum Gasteiger partial charge on any atom is -0.355 e. The molecule has 1 saturated carbocycles. The third-order valence-electron chi connectivity index (χ3n) is 5.97. The number of rotatable bonds is 8. The molecule has 26 heavy (non-hydrogen) atoms. The lowest BCUT2D eigenvalue weighted by molar-refractivity contribution is -0.121. The molecular formula is C22H35N3O. The Labute approximate surface area is 158 Å². The van der Waals surface area contributed by atoms with E-state index in [1.54, 1.807) is 0 Å². The summed E-state index contributed by atoms with van der Waals surface area (Å²) >= 11 is 0. The molecule has 1 N–H and O–H groups in total. The molecular weight excluding hydrogens is 322 g/mol. The number of benzene rings is 1. The van der Waals surface area contributed by atoms with Crippen LogP contribution in [-0.2, 0) is 11.3 Å². The first-order chi connectivity index (χ1) is 12.8. The van der Waals surface area contributed by atoms with E-state index in [0.29, 0.717) is 0 Å². The Balaban J connectivity index is 1.24. The minimum atomic E-state index is 0.248. The van der Waals surface area contributed by atoms with Crippen LogP contribution in [0.5, 0.6) is 0 Å². The molecule has 0 spiro atoms. The fourth-order valence-corrected chi connectivity index (χ4v) is 4.27. The summed E-state index contributed by atoms with van der Waals surface area (Å²) in [7, 11) is 0. The van der Waals surface area contributed by atoms with Gasteiger partial charge in [0, 0.05) is 52.2 Å². The van der Waals surface area contributed by atoms with Crippen molar-refractivity contribution in [3.05, 3.63) is 35.9 Å². The molecule has 2 fully saturated rings. The predicted molar refractivity (Wildman–Crippen MR) is 107 cm³/mol. The van der Waals surface area contributed by atoms with Crippen LogP contribution >= 0.6 is 0 Å². The normalized spacial score (nSPS) is 20.2. The molecule has 144 valence electrons. The van der Waals surface area contributed by atoms with Crippen molar-refractivity contribution >= 4 is 5.91 Å². The van der Waals surface area contributed by atoms with Crippen LogP contribution in [0, 0.1) is 5.92 Å². The van der Waals surface area contributed by atoms with E-state index in [1.807, 2.05) is 0 Å². The lowest BCUT2D eigenvalue weighted by atomic mass is 9.86. The Morgan fingerprint density at radius 3 is 2.38 bits per heavy atom. The van der Waals surface area contributed by atoms with Gasteiger partial charge >= 0.3 is 0 Å². The summed E-state index contributed by atoms with van der Waals surface area (Å²) in [6.45, 7) is 7.26. The topological polar surface area (TPSA) is 35.6 Å². The first kappa shape index (κ1) is 19.4. The highest BCUT2D eigenvalue weighted by atomic mass is 16.1. The van der Waals surface area contributed by atoms with E-state index in [1.165, 1.54) is 37.7 Å². The van der Waals surface area contributed by atoms with Gasteiger partial charge in [-0.3, -0.25) is 14.6 Å². The van der Waals surface area contributed by atoms with Crippen LogP contribution in [0.15, 0.2) is 30.3 Å². The molecule has 1 heterocycles. The van der Waals surface area contributed by atoms with Crippen molar-refractivity contribution in [3.8, 4) is 0 Å². The molecule has 0 bridgehead atoms. The van der Waals surface area contributed by atoms with Crippen molar-refractivity contribution in [1.82, 2.24) is 15.1 Å². The molecule has 0 radical (unpaired) electrons. The highest BCUT2D eigenvalue weighted by Crippen LogP contribution is 2.27. The fraction of sp³-hybridized carbons (Fsp3) is 0.682. The van der Waals surface area contributed by atoms with Gasteiger partial charge in [0.1, 0.15) is 0 Å². The van der Waals surface area contributed by atoms with Crippen molar-refractivity contribution in [2.75, 3.05) is 39.3 Å². The van der Waals surface area contributed by atoms with Crippen LogP contribution in [-0.4, -0.2) is 55.0 Å². The Morgan fingerprint density at radius 1 is 0.962 bits per heavy atom. The summed E-state index contributed by atoms with van der Waals surface area (Å²) < 4.78 is 0. The second-order valence-electron chi connectivity index (χ2n) is 8.00. The number of amides is 1. The van der Waals surface area contributed by atoms with Gasteiger partial charge in [0.15, 0.2) is 0 Å². The summed E-state index contributed by atoms with van der Waals surface area (Å²) in [5, 5.41) is 3.13. The fourth-order valence-electron chi connectivity index (χ4n) is 4.27. The van der Waals surface area contributed by atoms with Gasteiger partial charge in [-0.05, 0) is 17.9 Å². The summed E-state index contributed by atoms with van der Waals surface area (Å²) in [4.78, 5) is 17.0. The van der Waals surface area contributed by atoms with E-state index in [-0.39, 0.29) is 5.91 Å². The number of hydrogen-bond donors (Lipinski definition) is 1. The van der Waals surface area contributed by atoms with E-state index in [2.05, 4.69) is 45.4 Å². The number of carbonyl (C=O) groups is 1. The zero-order valence-electron chi connectivity index (χ0n) is 16.2. The van der Waals surface area contributed by atoms with Crippen molar-refractivity contribution in [2.24, 2.45) is 5.92 Å². The molecule has 1 aromatic rings. The highest BCUT2D eigenvalue weighted by Gasteiger charge is 2.17. The molecule has 1 aromatic carbocycles. The summed E-state index contributed by atoms with van der Waals surface area (Å²) in [6, 6.07) is 10.7. The third-order valence-corrected chi connectivity index (χ3v) is 5.97. The molecule has 1 amide bonds. The predicted octanol–water partition coefficient (Wildman–Crippen LogP) is 3.28.